The molecule has 128 valence electrons. The van der Waals surface area contributed by atoms with Gasteiger partial charge in [-0.15, -0.1) is 0 Å². The van der Waals surface area contributed by atoms with E-state index in [1.54, 1.807) is 11.0 Å². The number of hydrogen-bond acceptors (Lipinski definition) is 4. The van der Waals surface area contributed by atoms with Gasteiger partial charge in [-0.05, 0) is 38.3 Å². The molecule has 24 heavy (non-hydrogen) atoms. The molecule has 2 heterocycles. The standard InChI is InChI=1S/C18H23N3O3/c1-3-24-14-7-5-9-20(10-14)16(22)11-21-12-19-17-13(2)6-4-8-15(17)18(21)23/h4,6,8,12,14H,3,5,7,9-11H2,1-2H3. The summed E-state index contributed by atoms with van der Waals surface area (Å²) in [5.74, 6) is -0.0599. The zero-order valence-electron chi connectivity index (χ0n) is 14.2. The molecule has 6 heteroatoms. The second-order valence-corrected chi connectivity index (χ2v) is 6.21. The Labute approximate surface area is 141 Å². The van der Waals surface area contributed by atoms with Crippen LogP contribution in [0, 0.1) is 6.92 Å². The first kappa shape index (κ1) is 16.6. The van der Waals surface area contributed by atoms with Crippen LogP contribution in [0.5, 0.6) is 0 Å². The van der Waals surface area contributed by atoms with Crippen molar-refractivity contribution >= 4 is 16.8 Å². The van der Waals surface area contributed by atoms with Gasteiger partial charge < -0.3 is 9.64 Å². The van der Waals surface area contributed by atoms with Crippen LogP contribution in [0.2, 0.25) is 0 Å². The molecule has 1 fully saturated rings. The predicted molar refractivity (Wildman–Crippen MR) is 92.0 cm³/mol. The van der Waals surface area contributed by atoms with Crippen LogP contribution in [0.3, 0.4) is 0 Å². The van der Waals surface area contributed by atoms with Gasteiger partial charge in [0.05, 0.1) is 23.3 Å². The van der Waals surface area contributed by atoms with Gasteiger partial charge in [0.1, 0.15) is 6.54 Å². The number of amides is 1. The fourth-order valence-electron chi connectivity index (χ4n) is 3.23. The molecule has 1 amide bonds. The highest BCUT2D eigenvalue weighted by atomic mass is 16.5. The number of likely N-dealkylation sites (tertiary alicyclic amines) is 1. The first-order chi connectivity index (χ1) is 11.6. The van der Waals surface area contributed by atoms with Crippen LogP contribution in [-0.2, 0) is 16.1 Å². The van der Waals surface area contributed by atoms with Crippen molar-refractivity contribution in [2.45, 2.75) is 39.3 Å². The average molecular weight is 329 g/mol. The van der Waals surface area contributed by atoms with E-state index >= 15 is 0 Å². The highest BCUT2D eigenvalue weighted by molar-refractivity contribution is 5.81. The van der Waals surface area contributed by atoms with E-state index in [9.17, 15) is 9.59 Å². The van der Waals surface area contributed by atoms with E-state index in [4.69, 9.17) is 4.74 Å². The molecule has 1 aliphatic rings. The van der Waals surface area contributed by atoms with Gasteiger partial charge in [-0.2, -0.15) is 0 Å². The second kappa shape index (κ2) is 7.13. The third kappa shape index (κ3) is 3.33. The summed E-state index contributed by atoms with van der Waals surface area (Å²) in [5.41, 5.74) is 1.48. The Morgan fingerprint density at radius 2 is 2.25 bits per heavy atom. The normalized spacial score (nSPS) is 18.1. The lowest BCUT2D eigenvalue weighted by Gasteiger charge is -2.32. The van der Waals surface area contributed by atoms with E-state index < -0.39 is 0 Å². The van der Waals surface area contributed by atoms with Crippen molar-refractivity contribution in [2.75, 3.05) is 19.7 Å². The lowest BCUT2D eigenvalue weighted by molar-refractivity contribution is -0.135. The number of piperidine rings is 1. The molecule has 6 nitrogen and oxygen atoms in total. The number of aryl methyl sites for hydroxylation is 1. The maximum Gasteiger partial charge on any atom is 0.261 e. The first-order valence-corrected chi connectivity index (χ1v) is 8.44. The van der Waals surface area contributed by atoms with Gasteiger partial charge in [-0.3, -0.25) is 14.2 Å². The fourth-order valence-corrected chi connectivity index (χ4v) is 3.23. The summed E-state index contributed by atoms with van der Waals surface area (Å²) < 4.78 is 7.03. The van der Waals surface area contributed by atoms with Crippen molar-refractivity contribution in [3.05, 3.63) is 40.4 Å². The maximum atomic E-state index is 12.6. The zero-order valence-corrected chi connectivity index (χ0v) is 14.2. The molecule has 1 saturated heterocycles. The van der Waals surface area contributed by atoms with Crippen molar-refractivity contribution in [3.63, 3.8) is 0 Å². The molecule has 1 aromatic heterocycles. The van der Waals surface area contributed by atoms with E-state index in [-0.39, 0.29) is 24.1 Å². The average Bonchev–Trinajstić information content (AvgIpc) is 2.58. The van der Waals surface area contributed by atoms with E-state index in [1.807, 2.05) is 26.0 Å². The van der Waals surface area contributed by atoms with Crippen LogP contribution >= 0.6 is 0 Å². The molecule has 1 unspecified atom stereocenters. The van der Waals surface area contributed by atoms with Crippen LogP contribution in [0.1, 0.15) is 25.3 Å². The minimum absolute atomic E-state index is 0.0224. The Bertz CT molecular complexity index is 798. The summed E-state index contributed by atoms with van der Waals surface area (Å²) in [6.45, 7) is 5.88. The number of fused-ring (bicyclic) bond motifs is 1. The van der Waals surface area contributed by atoms with Gasteiger partial charge in [-0.25, -0.2) is 4.98 Å². The van der Waals surface area contributed by atoms with Crippen LogP contribution in [-0.4, -0.2) is 46.2 Å². The Kier molecular flexibility index (Phi) is 4.94. The van der Waals surface area contributed by atoms with Crippen LogP contribution < -0.4 is 5.56 Å². The number of aromatic nitrogens is 2. The largest absolute Gasteiger partial charge is 0.377 e. The van der Waals surface area contributed by atoms with Crippen molar-refractivity contribution in [1.82, 2.24) is 14.5 Å². The summed E-state index contributed by atoms with van der Waals surface area (Å²) in [5, 5.41) is 0.552. The number of rotatable bonds is 4. The third-order valence-corrected chi connectivity index (χ3v) is 4.49. The van der Waals surface area contributed by atoms with Crippen molar-refractivity contribution < 1.29 is 9.53 Å². The van der Waals surface area contributed by atoms with Gasteiger partial charge in [0.2, 0.25) is 5.91 Å². The summed E-state index contributed by atoms with van der Waals surface area (Å²) in [6.07, 6.45) is 3.48. The highest BCUT2D eigenvalue weighted by Gasteiger charge is 2.24. The molecule has 0 bridgehead atoms. The van der Waals surface area contributed by atoms with Crippen molar-refractivity contribution in [3.8, 4) is 0 Å². The number of ether oxygens (including phenoxy) is 1. The van der Waals surface area contributed by atoms with E-state index in [1.165, 1.54) is 10.9 Å². The predicted octanol–water partition coefficient (Wildman–Crippen LogP) is 1.73. The fraction of sp³-hybridized carbons (Fsp3) is 0.500. The quantitative estimate of drug-likeness (QED) is 0.857. The molecule has 0 saturated carbocycles. The van der Waals surface area contributed by atoms with Crippen LogP contribution in [0.15, 0.2) is 29.3 Å². The minimum atomic E-state index is -0.171. The number of hydrogen-bond donors (Lipinski definition) is 0. The zero-order chi connectivity index (χ0) is 17.1. The monoisotopic (exact) mass is 329 g/mol. The third-order valence-electron chi connectivity index (χ3n) is 4.49. The molecule has 1 aromatic carbocycles. The van der Waals surface area contributed by atoms with Crippen LogP contribution in [0.4, 0.5) is 0 Å². The van der Waals surface area contributed by atoms with E-state index in [0.29, 0.717) is 24.1 Å². The lowest BCUT2D eigenvalue weighted by atomic mass is 10.1. The first-order valence-electron chi connectivity index (χ1n) is 8.44. The number of carbonyl (C=O) groups excluding carboxylic acids is 1. The van der Waals surface area contributed by atoms with Gasteiger partial charge in [-0.1, -0.05) is 12.1 Å². The molecule has 1 atom stereocenters. The molecule has 0 radical (unpaired) electrons. The molecule has 3 rings (SSSR count). The SMILES string of the molecule is CCOC1CCCN(C(=O)Cn2cnc3c(C)cccc3c2=O)C1. The van der Waals surface area contributed by atoms with Crippen molar-refractivity contribution in [2.24, 2.45) is 0 Å². The van der Waals surface area contributed by atoms with E-state index in [2.05, 4.69) is 4.98 Å². The summed E-state index contributed by atoms with van der Waals surface area (Å²) in [7, 11) is 0. The van der Waals surface area contributed by atoms with Gasteiger partial charge >= 0.3 is 0 Å². The van der Waals surface area contributed by atoms with Gasteiger partial charge in [0.15, 0.2) is 0 Å². The van der Waals surface area contributed by atoms with Crippen molar-refractivity contribution in [1.29, 1.82) is 0 Å². The lowest BCUT2D eigenvalue weighted by Crippen LogP contribution is -2.45. The molecule has 0 aliphatic carbocycles. The summed E-state index contributed by atoms with van der Waals surface area (Å²) in [4.78, 5) is 31.3. The topological polar surface area (TPSA) is 64.4 Å². The summed E-state index contributed by atoms with van der Waals surface area (Å²) >= 11 is 0. The number of benzene rings is 1. The molecule has 1 aliphatic heterocycles. The smallest absolute Gasteiger partial charge is 0.261 e. The van der Waals surface area contributed by atoms with Gasteiger partial charge in [0, 0.05) is 19.7 Å². The molecular weight excluding hydrogens is 306 g/mol. The Hall–Kier alpha value is -2.21. The number of carbonyl (C=O) groups is 1. The number of nitrogens with zero attached hydrogens (tertiary/aromatic N) is 3. The molecule has 0 N–H and O–H groups in total. The highest BCUT2D eigenvalue weighted by Crippen LogP contribution is 2.14. The van der Waals surface area contributed by atoms with Crippen LogP contribution in [0.25, 0.3) is 10.9 Å². The van der Waals surface area contributed by atoms with Gasteiger partial charge in [0.25, 0.3) is 5.56 Å². The minimum Gasteiger partial charge on any atom is -0.377 e. The Morgan fingerprint density at radius 1 is 1.42 bits per heavy atom. The summed E-state index contributed by atoms with van der Waals surface area (Å²) in [6, 6.07) is 5.51. The molecule has 0 spiro atoms. The number of para-hydroxylation sites is 1. The molecular formula is C18H23N3O3. The second-order valence-electron chi connectivity index (χ2n) is 6.21. The van der Waals surface area contributed by atoms with E-state index in [0.717, 1.165) is 24.9 Å². The Balaban J connectivity index is 1.78. The Morgan fingerprint density at radius 3 is 3.04 bits per heavy atom. The molecule has 2 aromatic rings. The maximum absolute atomic E-state index is 12.6.